The van der Waals surface area contributed by atoms with Crippen molar-refractivity contribution in [3.8, 4) is 11.5 Å². The fraction of sp³-hybridized carbons (Fsp3) is 0.500. The Hall–Kier alpha value is -1.46. The summed E-state index contributed by atoms with van der Waals surface area (Å²) >= 11 is 0. The first-order chi connectivity index (χ1) is 9.21. The molecule has 1 saturated carbocycles. The normalized spacial score (nSPS) is 14.9. The van der Waals surface area contributed by atoms with Crippen LogP contribution in [0.4, 0.5) is 0 Å². The minimum atomic E-state index is -0.168. The second kappa shape index (κ2) is 7.36. The highest BCUT2D eigenvalue weighted by atomic mass is 35.5. The van der Waals surface area contributed by atoms with Gasteiger partial charge in [-0.15, -0.1) is 12.4 Å². The van der Waals surface area contributed by atoms with Crippen LogP contribution in [-0.4, -0.2) is 32.7 Å². The van der Waals surface area contributed by atoms with E-state index >= 15 is 0 Å². The fourth-order valence-electron chi connectivity index (χ4n) is 2.18. The van der Waals surface area contributed by atoms with Gasteiger partial charge in [0, 0.05) is 12.6 Å². The molecule has 0 spiro atoms. The average molecular weight is 301 g/mol. The predicted molar refractivity (Wildman–Crippen MR) is 79.8 cm³/mol. The Kier molecular flexibility index (Phi) is 6.10. The molecule has 1 unspecified atom stereocenters. The first-order valence-electron chi connectivity index (χ1n) is 6.43. The molecule has 0 bridgehead atoms. The van der Waals surface area contributed by atoms with E-state index in [-0.39, 0.29) is 24.4 Å². The van der Waals surface area contributed by atoms with Crippen LogP contribution in [0.15, 0.2) is 18.2 Å². The number of benzene rings is 1. The van der Waals surface area contributed by atoms with Crippen LogP contribution in [0.3, 0.4) is 0 Å². The number of hydrogen-bond acceptors (Lipinski definition) is 4. The quantitative estimate of drug-likeness (QED) is 0.837. The van der Waals surface area contributed by atoms with Crippen molar-refractivity contribution < 1.29 is 14.3 Å². The first-order valence-corrected chi connectivity index (χ1v) is 6.43. The van der Waals surface area contributed by atoms with Crippen LogP contribution < -0.4 is 20.5 Å². The molecule has 0 saturated heterocycles. The number of para-hydroxylation sites is 1. The minimum Gasteiger partial charge on any atom is -0.493 e. The zero-order chi connectivity index (χ0) is 13.8. The molecule has 20 heavy (non-hydrogen) atoms. The zero-order valence-electron chi connectivity index (χ0n) is 11.7. The number of ether oxygens (including phenoxy) is 2. The van der Waals surface area contributed by atoms with E-state index in [0.717, 1.165) is 12.8 Å². The summed E-state index contributed by atoms with van der Waals surface area (Å²) in [5.41, 5.74) is 6.17. The smallest absolute Gasteiger partial charge is 0.255 e. The summed E-state index contributed by atoms with van der Waals surface area (Å²) in [6.07, 6.45) is 2.27. The molecular formula is C14H21ClN2O3. The van der Waals surface area contributed by atoms with Crippen molar-refractivity contribution in [1.82, 2.24) is 5.32 Å². The Morgan fingerprint density at radius 2 is 2.10 bits per heavy atom. The van der Waals surface area contributed by atoms with Gasteiger partial charge in [-0.05, 0) is 30.9 Å². The highest BCUT2D eigenvalue weighted by Gasteiger charge is 2.32. The van der Waals surface area contributed by atoms with Crippen molar-refractivity contribution in [3.05, 3.63) is 23.8 Å². The van der Waals surface area contributed by atoms with E-state index < -0.39 is 0 Å². The Morgan fingerprint density at radius 1 is 1.40 bits per heavy atom. The molecule has 2 rings (SSSR count). The topological polar surface area (TPSA) is 73.6 Å². The summed E-state index contributed by atoms with van der Waals surface area (Å²) in [6, 6.07) is 5.29. The summed E-state index contributed by atoms with van der Waals surface area (Å²) < 4.78 is 10.5. The van der Waals surface area contributed by atoms with Gasteiger partial charge in [0.2, 0.25) is 0 Å². The highest BCUT2D eigenvalue weighted by Crippen LogP contribution is 2.33. The average Bonchev–Trinajstić information content (AvgIpc) is 3.27. The van der Waals surface area contributed by atoms with Crippen molar-refractivity contribution in [2.75, 3.05) is 20.8 Å². The van der Waals surface area contributed by atoms with Crippen LogP contribution in [0.5, 0.6) is 11.5 Å². The van der Waals surface area contributed by atoms with Gasteiger partial charge < -0.3 is 20.5 Å². The minimum absolute atomic E-state index is 0. The summed E-state index contributed by atoms with van der Waals surface area (Å²) in [4.78, 5) is 12.3. The van der Waals surface area contributed by atoms with Crippen LogP contribution in [-0.2, 0) is 0 Å². The third-order valence-corrected chi connectivity index (χ3v) is 3.41. The lowest BCUT2D eigenvalue weighted by molar-refractivity contribution is 0.0929. The van der Waals surface area contributed by atoms with Crippen molar-refractivity contribution >= 4 is 18.3 Å². The number of carbonyl (C=O) groups is 1. The molecule has 1 aromatic rings. The molecule has 1 atom stereocenters. The molecule has 6 heteroatoms. The van der Waals surface area contributed by atoms with E-state index in [9.17, 15) is 4.79 Å². The molecule has 0 aliphatic heterocycles. The molecule has 1 fully saturated rings. The maximum Gasteiger partial charge on any atom is 0.255 e. The second-order valence-corrected chi connectivity index (χ2v) is 4.69. The van der Waals surface area contributed by atoms with E-state index in [4.69, 9.17) is 15.2 Å². The van der Waals surface area contributed by atoms with Crippen LogP contribution in [0.1, 0.15) is 23.2 Å². The molecule has 0 aromatic heterocycles. The zero-order valence-corrected chi connectivity index (χ0v) is 12.5. The monoisotopic (exact) mass is 300 g/mol. The van der Waals surface area contributed by atoms with Gasteiger partial charge in [0.15, 0.2) is 11.5 Å². The standard InChI is InChI=1S/C14H20N2O3.ClH/c1-18-12-5-3-4-10(13(12)19-2)14(17)16-11(8-15)9-6-7-9;/h3-5,9,11H,6-8,15H2,1-2H3,(H,16,17);1H. The number of methoxy groups -OCH3 is 2. The molecule has 1 aliphatic rings. The Morgan fingerprint density at radius 3 is 2.60 bits per heavy atom. The van der Waals surface area contributed by atoms with Crippen LogP contribution in [0, 0.1) is 5.92 Å². The maximum atomic E-state index is 12.3. The fourth-order valence-corrected chi connectivity index (χ4v) is 2.18. The Bertz CT molecular complexity index is 464. The maximum absolute atomic E-state index is 12.3. The Balaban J connectivity index is 0.00000200. The van der Waals surface area contributed by atoms with Gasteiger partial charge in [-0.1, -0.05) is 6.07 Å². The SMILES string of the molecule is COc1cccc(C(=O)NC(CN)C2CC2)c1OC.Cl. The van der Waals surface area contributed by atoms with E-state index in [1.165, 1.54) is 7.11 Å². The van der Waals surface area contributed by atoms with Crippen molar-refractivity contribution in [2.45, 2.75) is 18.9 Å². The van der Waals surface area contributed by atoms with Gasteiger partial charge in [-0.25, -0.2) is 0 Å². The molecule has 1 aliphatic carbocycles. The molecule has 0 radical (unpaired) electrons. The lowest BCUT2D eigenvalue weighted by Gasteiger charge is -2.18. The Labute approximate surface area is 125 Å². The molecule has 0 heterocycles. The highest BCUT2D eigenvalue weighted by molar-refractivity contribution is 5.98. The van der Waals surface area contributed by atoms with Crippen molar-refractivity contribution in [2.24, 2.45) is 11.7 Å². The van der Waals surface area contributed by atoms with Crippen molar-refractivity contribution in [1.29, 1.82) is 0 Å². The van der Waals surface area contributed by atoms with Gasteiger partial charge in [0.25, 0.3) is 5.91 Å². The number of rotatable bonds is 6. The lowest BCUT2D eigenvalue weighted by atomic mass is 10.1. The van der Waals surface area contributed by atoms with Crippen LogP contribution >= 0.6 is 12.4 Å². The number of amides is 1. The third kappa shape index (κ3) is 3.55. The van der Waals surface area contributed by atoms with E-state index in [0.29, 0.717) is 29.5 Å². The molecule has 3 N–H and O–H groups in total. The van der Waals surface area contributed by atoms with E-state index in [2.05, 4.69) is 5.32 Å². The van der Waals surface area contributed by atoms with Gasteiger partial charge in [0.1, 0.15) is 0 Å². The summed E-state index contributed by atoms with van der Waals surface area (Å²) in [6.45, 7) is 0.461. The molecule has 1 aromatic carbocycles. The summed E-state index contributed by atoms with van der Waals surface area (Å²) in [7, 11) is 3.07. The van der Waals surface area contributed by atoms with Crippen molar-refractivity contribution in [3.63, 3.8) is 0 Å². The largest absolute Gasteiger partial charge is 0.493 e. The second-order valence-electron chi connectivity index (χ2n) is 4.69. The predicted octanol–water partition coefficient (Wildman–Crippen LogP) is 1.59. The van der Waals surface area contributed by atoms with Gasteiger partial charge in [0.05, 0.1) is 19.8 Å². The third-order valence-electron chi connectivity index (χ3n) is 3.41. The number of nitrogens with one attached hydrogen (secondary N) is 1. The molecule has 1 amide bonds. The van der Waals surface area contributed by atoms with E-state index in [1.54, 1.807) is 25.3 Å². The van der Waals surface area contributed by atoms with Crippen LogP contribution in [0.25, 0.3) is 0 Å². The van der Waals surface area contributed by atoms with Gasteiger partial charge in [-0.2, -0.15) is 0 Å². The van der Waals surface area contributed by atoms with Gasteiger partial charge in [-0.3, -0.25) is 4.79 Å². The number of halogens is 1. The molecule has 112 valence electrons. The van der Waals surface area contributed by atoms with E-state index in [1.807, 2.05) is 0 Å². The molecule has 5 nitrogen and oxygen atoms in total. The van der Waals surface area contributed by atoms with Crippen LogP contribution in [0.2, 0.25) is 0 Å². The summed E-state index contributed by atoms with van der Waals surface area (Å²) in [5.74, 6) is 1.35. The number of nitrogens with two attached hydrogens (primary N) is 1. The number of hydrogen-bond donors (Lipinski definition) is 2. The summed E-state index contributed by atoms with van der Waals surface area (Å²) in [5, 5.41) is 2.97. The molecular weight excluding hydrogens is 280 g/mol. The number of carbonyl (C=O) groups excluding carboxylic acids is 1. The first kappa shape index (κ1) is 16.6. The lowest BCUT2D eigenvalue weighted by Crippen LogP contribution is -2.41. The van der Waals surface area contributed by atoms with Gasteiger partial charge >= 0.3 is 0 Å².